The number of hydrogen-bond donors (Lipinski definition) is 2. The van der Waals surface area contributed by atoms with Crippen molar-refractivity contribution in [1.82, 2.24) is 0 Å². The van der Waals surface area contributed by atoms with E-state index < -0.39 is 16.0 Å². The molecule has 0 unspecified atom stereocenters. The fraction of sp³-hybridized carbons (Fsp3) is 0.600. The van der Waals surface area contributed by atoms with Crippen LogP contribution in [0.4, 0.5) is 11.4 Å². The van der Waals surface area contributed by atoms with Gasteiger partial charge < -0.3 is 14.8 Å². The predicted octanol–water partition coefficient (Wildman–Crippen LogP) is 3.44. The third kappa shape index (κ3) is 8.72. The number of nitrogens with one attached hydrogen (secondary N) is 2. The molecule has 8 nitrogen and oxygen atoms in total. The van der Waals surface area contributed by atoms with Gasteiger partial charge in [0, 0.05) is 12.1 Å². The molecule has 1 aliphatic rings. The van der Waals surface area contributed by atoms with E-state index in [0.717, 1.165) is 38.4 Å². The van der Waals surface area contributed by atoms with Crippen molar-refractivity contribution >= 4 is 33.3 Å². The van der Waals surface area contributed by atoms with Gasteiger partial charge >= 0.3 is 5.97 Å². The molecule has 2 rings (SSSR count). The summed E-state index contributed by atoms with van der Waals surface area (Å²) in [5.41, 5.74) is 0.692. The maximum atomic E-state index is 12.1. The van der Waals surface area contributed by atoms with Crippen molar-refractivity contribution in [3.63, 3.8) is 0 Å². The van der Waals surface area contributed by atoms with Gasteiger partial charge in [0.15, 0.2) is 0 Å². The molecule has 0 atom stereocenters. The second kappa shape index (κ2) is 11.0. The maximum absolute atomic E-state index is 12.1. The molecule has 0 aromatic heterocycles. The lowest BCUT2D eigenvalue weighted by molar-refractivity contribution is -0.144. The van der Waals surface area contributed by atoms with Crippen molar-refractivity contribution in [2.45, 2.75) is 64.4 Å². The SMILES string of the molecule is CCCOC(=O)CCC(=O)Nc1ccc(OC2CCCCC2)c(NS(C)(=O)=O)c1. The summed E-state index contributed by atoms with van der Waals surface area (Å²) in [4.78, 5) is 23.6. The Morgan fingerprint density at radius 1 is 1.14 bits per heavy atom. The van der Waals surface area contributed by atoms with Crippen molar-refractivity contribution in [3.8, 4) is 5.75 Å². The molecule has 1 fully saturated rings. The largest absolute Gasteiger partial charge is 0.488 e. The van der Waals surface area contributed by atoms with Gasteiger partial charge in [0.2, 0.25) is 15.9 Å². The second-order valence-electron chi connectivity index (χ2n) is 7.23. The average Bonchev–Trinajstić information content (AvgIpc) is 2.66. The first-order valence-electron chi connectivity index (χ1n) is 10.0. The fourth-order valence-corrected chi connectivity index (χ4v) is 3.64. The van der Waals surface area contributed by atoms with E-state index in [2.05, 4.69) is 10.0 Å². The highest BCUT2D eigenvalue weighted by Gasteiger charge is 2.18. The lowest BCUT2D eigenvalue weighted by atomic mass is 9.98. The Morgan fingerprint density at radius 3 is 2.52 bits per heavy atom. The zero-order chi connectivity index (χ0) is 21.3. The minimum absolute atomic E-state index is 0.0108. The Bertz CT molecular complexity index is 803. The Balaban J connectivity index is 2.03. The second-order valence-corrected chi connectivity index (χ2v) is 8.98. The van der Waals surface area contributed by atoms with Gasteiger partial charge in [-0.2, -0.15) is 0 Å². The number of sulfonamides is 1. The molecule has 0 heterocycles. The fourth-order valence-electron chi connectivity index (χ4n) is 3.08. The van der Waals surface area contributed by atoms with E-state index in [4.69, 9.17) is 9.47 Å². The first-order chi connectivity index (χ1) is 13.8. The number of benzene rings is 1. The van der Waals surface area contributed by atoms with Crippen LogP contribution in [0.3, 0.4) is 0 Å². The molecule has 9 heteroatoms. The topological polar surface area (TPSA) is 111 Å². The number of carbonyl (C=O) groups is 2. The van der Waals surface area contributed by atoms with Crippen LogP contribution in [0.15, 0.2) is 18.2 Å². The van der Waals surface area contributed by atoms with Crippen LogP contribution in [0.25, 0.3) is 0 Å². The molecule has 1 aromatic carbocycles. The number of ether oxygens (including phenoxy) is 2. The molecule has 29 heavy (non-hydrogen) atoms. The van der Waals surface area contributed by atoms with Crippen molar-refractivity contribution in [1.29, 1.82) is 0 Å². The summed E-state index contributed by atoms with van der Waals surface area (Å²) in [5, 5.41) is 2.67. The van der Waals surface area contributed by atoms with E-state index in [0.29, 0.717) is 18.0 Å². The van der Waals surface area contributed by atoms with Crippen LogP contribution >= 0.6 is 0 Å². The summed E-state index contributed by atoms with van der Waals surface area (Å²) in [6.45, 7) is 2.23. The summed E-state index contributed by atoms with van der Waals surface area (Å²) in [5.74, 6) is -0.342. The van der Waals surface area contributed by atoms with E-state index >= 15 is 0 Å². The van der Waals surface area contributed by atoms with E-state index in [-0.39, 0.29) is 30.5 Å². The Kier molecular flexibility index (Phi) is 8.75. The van der Waals surface area contributed by atoms with E-state index in [9.17, 15) is 18.0 Å². The average molecular weight is 427 g/mol. The molecule has 2 N–H and O–H groups in total. The Labute approximate surface area is 172 Å². The molecule has 0 radical (unpaired) electrons. The molecule has 0 saturated heterocycles. The molecular weight excluding hydrogens is 396 g/mol. The number of esters is 1. The minimum Gasteiger partial charge on any atom is -0.488 e. The van der Waals surface area contributed by atoms with Crippen molar-refractivity contribution in [2.75, 3.05) is 22.9 Å². The molecule has 1 aliphatic carbocycles. The van der Waals surface area contributed by atoms with Gasteiger partial charge in [-0.3, -0.25) is 14.3 Å². The highest BCUT2D eigenvalue weighted by molar-refractivity contribution is 7.92. The number of amides is 1. The van der Waals surface area contributed by atoms with E-state index in [1.807, 2.05) is 6.92 Å². The summed E-state index contributed by atoms with van der Waals surface area (Å²) < 4.78 is 36.9. The highest BCUT2D eigenvalue weighted by Crippen LogP contribution is 2.32. The zero-order valence-corrected chi connectivity index (χ0v) is 17.8. The third-order valence-electron chi connectivity index (χ3n) is 4.43. The van der Waals surface area contributed by atoms with Gasteiger partial charge in [-0.1, -0.05) is 13.3 Å². The molecule has 0 spiro atoms. The van der Waals surface area contributed by atoms with Crippen LogP contribution in [-0.4, -0.2) is 39.3 Å². The minimum atomic E-state index is -3.52. The summed E-state index contributed by atoms with van der Waals surface area (Å²) >= 11 is 0. The van der Waals surface area contributed by atoms with Crippen LogP contribution in [0.1, 0.15) is 58.3 Å². The van der Waals surface area contributed by atoms with Gasteiger partial charge in [0.25, 0.3) is 0 Å². The number of rotatable bonds is 10. The molecule has 1 amide bonds. The van der Waals surface area contributed by atoms with Crippen LogP contribution in [-0.2, 0) is 24.3 Å². The smallest absolute Gasteiger partial charge is 0.306 e. The molecule has 162 valence electrons. The Hall–Kier alpha value is -2.29. The molecular formula is C20H30N2O6S. The summed E-state index contributed by atoms with van der Waals surface area (Å²) in [6.07, 6.45) is 7.05. The summed E-state index contributed by atoms with van der Waals surface area (Å²) in [6, 6.07) is 4.82. The quantitative estimate of drug-likeness (QED) is 0.555. The monoisotopic (exact) mass is 426 g/mol. The van der Waals surface area contributed by atoms with Gasteiger partial charge in [-0.25, -0.2) is 8.42 Å². The first-order valence-corrected chi connectivity index (χ1v) is 11.9. The van der Waals surface area contributed by atoms with Gasteiger partial charge in [0.1, 0.15) is 5.75 Å². The zero-order valence-electron chi connectivity index (χ0n) is 17.0. The van der Waals surface area contributed by atoms with Gasteiger partial charge in [0.05, 0.1) is 31.1 Å². The normalized spacial score (nSPS) is 14.8. The number of carbonyl (C=O) groups excluding carboxylic acids is 2. The van der Waals surface area contributed by atoms with Crippen molar-refractivity contribution in [3.05, 3.63) is 18.2 Å². The van der Waals surface area contributed by atoms with Crippen LogP contribution in [0, 0.1) is 0 Å². The highest BCUT2D eigenvalue weighted by atomic mass is 32.2. The maximum Gasteiger partial charge on any atom is 0.306 e. The van der Waals surface area contributed by atoms with Gasteiger partial charge in [-0.15, -0.1) is 0 Å². The van der Waals surface area contributed by atoms with Crippen molar-refractivity contribution in [2.24, 2.45) is 0 Å². The molecule has 1 saturated carbocycles. The van der Waals surface area contributed by atoms with Crippen LogP contribution in [0.2, 0.25) is 0 Å². The summed E-state index contributed by atoms with van der Waals surface area (Å²) in [7, 11) is -3.52. The number of anilines is 2. The van der Waals surface area contributed by atoms with Crippen LogP contribution < -0.4 is 14.8 Å². The lowest BCUT2D eigenvalue weighted by Gasteiger charge is -2.24. The van der Waals surface area contributed by atoms with E-state index in [1.165, 1.54) is 12.5 Å². The first kappa shape index (κ1) is 23.0. The predicted molar refractivity (Wildman–Crippen MR) is 112 cm³/mol. The standard InChI is InChI=1S/C20H30N2O6S/c1-3-13-27-20(24)12-11-19(23)21-15-9-10-18(17(14-15)22-29(2,25)26)28-16-7-5-4-6-8-16/h9-10,14,16,22H,3-8,11-13H2,1-2H3,(H,21,23). The number of hydrogen-bond acceptors (Lipinski definition) is 6. The molecule has 0 aliphatic heterocycles. The van der Waals surface area contributed by atoms with E-state index in [1.54, 1.807) is 12.1 Å². The third-order valence-corrected chi connectivity index (χ3v) is 5.02. The molecule has 1 aromatic rings. The van der Waals surface area contributed by atoms with Gasteiger partial charge in [-0.05, 0) is 50.3 Å². The Morgan fingerprint density at radius 2 is 1.86 bits per heavy atom. The van der Waals surface area contributed by atoms with Crippen molar-refractivity contribution < 1.29 is 27.5 Å². The molecule has 0 bridgehead atoms. The lowest BCUT2D eigenvalue weighted by Crippen LogP contribution is -2.21. The van der Waals surface area contributed by atoms with Crippen LogP contribution in [0.5, 0.6) is 5.75 Å².